The zero-order chi connectivity index (χ0) is 15.7. The van der Waals surface area contributed by atoms with Crippen LogP contribution in [-0.4, -0.2) is 10.2 Å². The molecule has 0 saturated heterocycles. The monoisotopic (exact) mass is 292 g/mol. The fourth-order valence-electron chi connectivity index (χ4n) is 2.95. The van der Waals surface area contributed by atoms with Gasteiger partial charge in [-0.05, 0) is 53.5 Å². The molecular weight excluding hydrogens is 272 g/mol. The van der Waals surface area contributed by atoms with Crippen LogP contribution in [0.25, 0.3) is 10.8 Å². The number of hydrogen-bond donors (Lipinski definition) is 2. The average molecular weight is 292 g/mol. The van der Waals surface area contributed by atoms with E-state index in [2.05, 4.69) is 13.0 Å². The van der Waals surface area contributed by atoms with Crippen LogP contribution in [-0.2, 0) is 6.42 Å². The van der Waals surface area contributed by atoms with E-state index in [1.807, 2.05) is 49.4 Å². The number of benzene rings is 3. The maximum atomic E-state index is 10.2. The van der Waals surface area contributed by atoms with E-state index >= 15 is 0 Å². The van der Waals surface area contributed by atoms with Crippen LogP contribution < -0.4 is 0 Å². The quantitative estimate of drug-likeness (QED) is 0.720. The molecule has 2 nitrogen and oxygen atoms in total. The van der Waals surface area contributed by atoms with Gasteiger partial charge in [-0.1, -0.05) is 49.4 Å². The number of fused-ring (bicyclic) bond motifs is 1. The van der Waals surface area contributed by atoms with Gasteiger partial charge in [0.15, 0.2) is 0 Å². The lowest BCUT2D eigenvalue weighted by atomic mass is 9.92. The highest BCUT2D eigenvalue weighted by Gasteiger charge is 2.12. The van der Waals surface area contributed by atoms with E-state index in [0.717, 1.165) is 33.9 Å². The van der Waals surface area contributed by atoms with Gasteiger partial charge in [-0.3, -0.25) is 0 Å². The van der Waals surface area contributed by atoms with Crippen molar-refractivity contribution in [2.24, 2.45) is 0 Å². The fourth-order valence-corrected chi connectivity index (χ4v) is 2.95. The van der Waals surface area contributed by atoms with E-state index in [1.165, 1.54) is 0 Å². The Morgan fingerprint density at radius 3 is 2.45 bits per heavy atom. The first-order chi connectivity index (χ1) is 10.6. The van der Waals surface area contributed by atoms with Crippen LogP contribution in [0.1, 0.15) is 29.5 Å². The minimum atomic E-state index is 0.214. The van der Waals surface area contributed by atoms with Crippen LogP contribution in [0.15, 0.2) is 54.6 Å². The Morgan fingerprint density at radius 2 is 1.68 bits per heavy atom. The van der Waals surface area contributed by atoms with Gasteiger partial charge in [0.1, 0.15) is 11.5 Å². The molecule has 0 aliphatic rings. The van der Waals surface area contributed by atoms with Gasteiger partial charge in [0.25, 0.3) is 0 Å². The van der Waals surface area contributed by atoms with Gasteiger partial charge in [0, 0.05) is 5.39 Å². The van der Waals surface area contributed by atoms with E-state index in [0.29, 0.717) is 11.5 Å². The van der Waals surface area contributed by atoms with E-state index in [-0.39, 0.29) is 5.92 Å². The molecule has 0 aliphatic heterocycles. The summed E-state index contributed by atoms with van der Waals surface area (Å²) in [6.45, 7) is 4.02. The van der Waals surface area contributed by atoms with Crippen LogP contribution in [0.5, 0.6) is 11.5 Å². The summed E-state index contributed by atoms with van der Waals surface area (Å²) >= 11 is 0. The van der Waals surface area contributed by atoms with Crippen molar-refractivity contribution in [3.05, 3.63) is 71.3 Å². The minimum absolute atomic E-state index is 0.214. The number of phenolic OH excluding ortho intramolecular Hbond substituents is 2. The highest BCUT2D eigenvalue weighted by atomic mass is 16.3. The van der Waals surface area contributed by atoms with Crippen molar-refractivity contribution >= 4 is 10.8 Å². The van der Waals surface area contributed by atoms with Gasteiger partial charge in [-0.25, -0.2) is 0 Å². The number of aromatic hydroxyl groups is 2. The second kappa shape index (κ2) is 5.72. The van der Waals surface area contributed by atoms with E-state index in [9.17, 15) is 10.2 Å². The molecule has 0 spiro atoms. The predicted octanol–water partition coefficient (Wildman–Crippen LogP) is 4.91. The molecule has 0 bridgehead atoms. The van der Waals surface area contributed by atoms with E-state index < -0.39 is 0 Å². The molecule has 112 valence electrons. The molecule has 0 fully saturated rings. The second-order valence-corrected chi connectivity index (χ2v) is 5.95. The molecule has 0 aliphatic carbocycles. The molecule has 3 aromatic rings. The molecule has 3 rings (SSSR count). The lowest BCUT2D eigenvalue weighted by Gasteiger charge is -2.14. The van der Waals surface area contributed by atoms with Crippen LogP contribution in [0.3, 0.4) is 0 Å². The molecule has 0 saturated carbocycles. The van der Waals surface area contributed by atoms with Crippen LogP contribution in [0, 0.1) is 6.92 Å². The summed E-state index contributed by atoms with van der Waals surface area (Å²) in [5, 5.41) is 22.1. The molecule has 2 heteroatoms. The largest absolute Gasteiger partial charge is 0.508 e. The molecule has 0 amide bonds. The number of phenols is 2. The van der Waals surface area contributed by atoms with Crippen molar-refractivity contribution in [2.75, 3.05) is 0 Å². The molecule has 0 aromatic heterocycles. The van der Waals surface area contributed by atoms with Gasteiger partial charge in [-0.2, -0.15) is 0 Å². The minimum Gasteiger partial charge on any atom is -0.508 e. The lowest BCUT2D eigenvalue weighted by Crippen LogP contribution is -1.99. The third-order valence-corrected chi connectivity index (χ3v) is 4.27. The standard InChI is InChI=1S/C20H20O2/c1-13-7-9-16-10-8-15(12-18(16)20(13)22)11-14(2)17-5-3-4-6-19(17)21/h3-10,12,14,21-22H,11H2,1-2H3. The van der Waals surface area contributed by atoms with Crippen molar-refractivity contribution in [2.45, 2.75) is 26.2 Å². The summed E-state index contributed by atoms with van der Waals surface area (Å²) in [7, 11) is 0. The highest BCUT2D eigenvalue weighted by molar-refractivity contribution is 5.89. The second-order valence-electron chi connectivity index (χ2n) is 5.95. The third kappa shape index (κ3) is 2.64. The summed E-state index contributed by atoms with van der Waals surface area (Å²) in [6.07, 6.45) is 0.820. The van der Waals surface area contributed by atoms with Crippen molar-refractivity contribution in [3.63, 3.8) is 0 Å². The Labute approximate surface area is 130 Å². The smallest absolute Gasteiger partial charge is 0.126 e. The number of hydrogen-bond acceptors (Lipinski definition) is 2. The van der Waals surface area contributed by atoms with E-state index in [4.69, 9.17) is 0 Å². The zero-order valence-corrected chi connectivity index (χ0v) is 12.9. The van der Waals surface area contributed by atoms with Crippen LogP contribution in [0.4, 0.5) is 0 Å². The first kappa shape index (κ1) is 14.5. The van der Waals surface area contributed by atoms with Crippen molar-refractivity contribution < 1.29 is 10.2 Å². The SMILES string of the molecule is Cc1ccc2ccc(CC(C)c3ccccc3O)cc2c1O. The normalized spacial score (nSPS) is 12.5. The Balaban J connectivity index is 1.94. The van der Waals surface area contributed by atoms with Crippen molar-refractivity contribution in [3.8, 4) is 11.5 Å². The van der Waals surface area contributed by atoms with Gasteiger partial charge < -0.3 is 10.2 Å². The maximum absolute atomic E-state index is 10.2. The average Bonchev–Trinajstić information content (AvgIpc) is 2.52. The first-order valence-corrected chi connectivity index (χ1v) is 7.55. The lowest BCUT2D eigenvalue weighted by molar-refractivity contribution is 0.462. The van der Waals surface area contributed by atoms with Crippen molar-refractivity contribution in [1.82, 2.24) is 0 Å². The number of rotatable bonds is 3. The van der Waals surface area contributed by atoms with Crippen LogP contribution in [0.2, 0.25) is 0 Å². The van der Waals surface area contributed by atoms with Gasteiger partial charge in [0.05, 0.1) is 0 Å². The van der Waals surface area contributed by atoms with Gasteiger partial charge in [-0.15, -0.1) is 0 Å². The Kier molecular flexibility index (Phi) is 3.76. The zero-order valence-electron chi connectivity index (χ0n) is 12.9. The molecular formula is C20H20O2. The summed E-state index contributed by atoms with van der Waals surface area (Å²) in [4.78, 5) is 0. The summed E-state index contributed by atoms with van der Waals surface area (Å²) < 4.78 is 0. The summed E-state index contributed by atoms with van der Waals surface area (Å²) in [6, 6.07) is 17.6. The first-order valence-electron chi connectivity index (χ1n) is 7.55. The molecule has 0 radical (unpaired) electrons. The highest BCUT2D eigenvalue weighted by Crippen LogP contribution is 2.32. The predicted molar refractivity (Wildman–Crippen MR) is 90.6 cm³/mol. The molecule has 3 aromatic carbocycles. The third-order valence-electron chi connectivity index (χ3n) is 4.27. The van der Waals surface area contributed by atoms with Gasteiger partial charge in [0.2, 0.25) is 0 Å². The number of para-hydroxylation sites is 1. The molecule has 2 N–H and O–H groups in total. The summed E-state index contributed by atoms with van der Waals surface area (Å²) in [5.41, 5.74) is 3.00. The topological polar surface area (TPSA) is 40.5 Å². The number of aryl methyl sites for hydroxylation is 1. The van der Waals surface area contributed by atoms with Crippen molar-refractivity contribution in [1.29, 1.82) is 0 Å². The van der Waals surface area contributed by atoms with Gasteiger partial charge >= 0.3 is 0 Å². The molecule has 1 atom stereocenters. The molecule has 0 heterocycles. The van der Waals surface area contributed by atoms with E-state index in [1.54, 1.807) is 6.07 Å². The maximum Gasteiger partial charge on any atom is 0.126 e. The Morgan fingerprint density at radius 1 is 0.955 bits per heavy atom. The molecule has 1 unspecified atom stereocenters. The molecule has 22 heavy (non-hydrogen) atoms. The Bertz CT molecular complexity index is 821. The fraction of sp³-hybridized carbons (Fsp3) is 0.200. The summed E-state index contributed by atoms with van der Waals surface area (Å²) in [5.74, 6) is 0.912. The Hall–Kier alpha value is -2.48. The van der Waals surface area contributed by atoms with Crippen LogP contribution >= 0.6 is 0 Å².